The fourth-order valence-corrected chi connectivity index (χ4v) is 11.9. The van der Waals surface area contributed by atoms with Gasteiger partial charge in [-0.15, -0.1) is 0 Å². The number of hydrogen-bond donors (Lipinski definition) is 0. The Kier molecular flexibility index (Phi) is 10.8. The summed E-state index contributed by atoms with van der Waals surface area (Å²) >= 11 is 0. The Morgan fingerprint density at radius 3 is 0.987 bits per heavy atom. The number of para-hydroxylation sites is 2. The van der Waals surface area contributed by atoms with Crippen LogP contribution < -0.4 is 9.80 Å². The predicted octanol–water partition coefficient (Wildman–Crippen LogP) is 20.5. The minimum absolute atomic E-state index is 1.08. The number of rotatable bonds is 10. The molecule has 0 radical (unpaired) electrons. The van der Waals surface area contributed by atoms with Crippen LogP contribution in [0.3, 0.4) is 0 Å². The van der Waals surface area contributed by atoms with Gasteiger partial charge in [0.25, 0.3) is 0 Å². The summed E-state index contributed by atoms with van der Waals surface area (Å²) in [5.74, 6) is 0. The highest BCUT2D eigenvalue weighted by Gasteiger charge is 2.22. The van der Waals surface area contributed by atoms with Crippen molar-refractivity contribution in [3.05, 3.63) is 303 Å². The van der Waals surface area contributed by atoms with Gasteiger partial charge in [-0.1, -0.05) is 182 Å². The summed E-state index contributed by atoms with van der Waals surface area (Å²) in [5, 5.41) is 12.0. The summed E-state index contributed by atoms with van der Waals surface area (Å²) < 4.78 is 4.92. The maximum absolute atomic E-state index is 2.46. The van der Waals surface area contributed by atoms with Crippen LogP contribution in [0, 0.1) is 0 Å². The van der Waals surface area contributed by atoms with Crippen LogP contribution in [0.5, 0.6) is 0 Å². The first kappa shape index (κ1) is 45.0. The molecule has 15 rings (SSSR count). The Morgan fingerprint density at radius 1 is 0.218 bits per heavy atom. The molecule has 15 aromatic rings. The second-order valence-electron chi connectivity index (χ2n) is 20.2. The van der Waals surface area contributed by atoms with Crippen LogP contribution in [-0.2, 0) is 0 Å². The van der Waals surface area contributed by atoms with Gasteiger partial charge < -0.3 is 18.9 Å². The maximum atomic E-state index is 2.46. The Bertz CT molecular complexity index is 4410. The van der Waals surface area contributed by atoms with Crippen molar-refractivity contribution in [2.24, 2.45) is 0 Å². The minimum Gasteiger partial charge on any atom is -0.310 e. The Labute approximate surface area is 452 Å². The number of aromatic nitrogens is 2. The van der Waals surface area contributed by atoms with Crippen LogP contribution in [0.1, 0.15) is 0 Å². The lowest BCUT2D eigenvalue weighted by atomic mass is 10.0. The summed E-state index contributed by atoms with van der Waals surface area (Å²) in [6.07, 6.45) is 0. The van der Waals surface area contributed by atoms with E-state index in [2.05, 4.69) is 322 Å². The molecule has 0 bridgehead atoms. The first-order valence-electron chi connectivity index (χ1n) is 26.7. The van der Waals surface area contributed by atoms with Gasteiger partial charge in [-0.2, -0.15) is 0 Å². The molecular weight excluding hydrogens is 945 g/mol. The highest BCUT2D eigenvalue weighted by atomic mass is 15.2. The Hall–Kier alpha value is -10.4. The van der Waals surface area contributed by atoms with Gasteiger partial charge in [0.1, 0.15) is 0 Å². The lowest BCUT2D eigenvalue weighted by molar-refractivity contribution is 1.13. The van der Waals surface area contributed by atoms with E-state index in [1.807, 2.05) is 0 Å². The summed E-state index contributed by atoms with van der Waals surface area (Å²) in [6, 6.07) is 111. The van der Waals surface area contributed by atoms with E-state index in [-0.39, 0.29) is 0 Å². The summed E-state index contributed by atoms with van der Waals surface area (Å²) in [6.45, 7) is 0. The van der Waals surface area contributed by atoms with E-state index in [1.165, 1.54) is 43.1 Å². The van der Waals surface area contributed by atoms with E-state index in [9.17, 15) is 0 Å². The average molecular weight is 995 g/mol. The number of benzene rings is 13. The van der Waals surface area contributed by atoms with Gasteiger partial charge in [-0.3, -0.25) is 0 Å². The van der Waals surface area contributed by atoms with E-state index in [0.29, 0.717) is 0 Å². The number of hydrogen-bond acceptors (Lipinski definition) is 2. The molecule has 78 heavy (non-hydrogen) atoms. The molecule has 0 aliphatic heterocycles. The molecule has 0 N–H and O–H groups in total. The first-order valence-corrected chi connectivity index (χ1v) is 26.7. The lowest BCUT2D eigenvalue weighted by Crippen LogP contribution is -2.10. The van der Waals surface area contributed by atoms with Gasteiger partial charge >= 0.3 is 0 Å². The van der Waals surface area contributed by atoms with Crippen LogP contribution in [0.4, 0.5) is 34.1 Å². The highest BCUT2D eigenvalue weighted by Crippen LogP contribution is 2.44. The minimum atomic E-state index is 1.08. The van der Waals surface area contributed by atoms with Gasteiger partial charge in [-0.25, -0.2) is 0 Å². The molecule has 0 spiro atoms. The second-order valence-corrected chi connectivity index (χ2v) is 20.2. The number of fused-ring (bicyclic) bond motifs is 6. The zero-order valence-corrected chi connectivity index (χ0v) is 42.7. The van der Waals surface area contributed by atoms with Gasteiger partial charge in [0.2, 0.25) is 0 Å². The molecule has 4 nitrogen and oxygen atoms in total. The molecule has 0 atom stereocenters. The molecule has 366 valence electrons. The third kappa shape index (κ3) is 7.77. The van der Waals surface area contributed by atoms with Crippen molar-refractivity contribution in [3.63, 3.8) is 0 Å². The topological polar surface area (TPSA) is 16.3 Å². The van der Waals surface area contributed by atoms with E-state index < -0.39 is 0 Å². The molecule has 13 aromatic carbocycles. The molecule has 2 aromatic heterocycles. The lowest BCUT2D eigenvalue weighted by Gasteiger charge is -2.27. The Balaban J connectivity index is 0.921. The zero-order chi connectivity index (χ0) is 51.5. The second kappa shape index (κ2) is 18.7. The van der Waals surface area contributed by atoms with Crippen LogP contribution >= 0.6 is 0 Å². The molecule has 0 aliphatic rings. The van der Waals surface area contributed by atoms with Gasteiger partial charge in [0.15, 0.2) is 0 Å². The first-order chi connectivity index (χ1) is 38.7. The molecule has 0 aliphatic carbocycles. The normalized spacial score (nSPS) is 11.6. The van der Waals surface area contributed by atoms with Crippen molar-refractivity contribution in [1.82, 2.24) is 9.13 Å². The molecule has 2 heterocycles. The fourth-order valence-electron chi connectivity index (χ4n) is 11.9. The molecule has 0 saturated carbocycles. The van der Waals surface area contributed by atoms with E-state index in [0.717, 1.165) is 89.8 Å². The van der Waals surface area contributed by atoms with Crippen LogP contribution in [0.25, 0.3) is 98.8 Å². The van der Waals surface area contributed by atoms with Crippen LogP contribution in [0.2, 0.25) is 0 Å². The standard InChI is InChI=1S/C74H50N4/c1-3-25-61(26-4-1)75(69-31-15-23-53-19-11-13-29-67(53)69)63-37-41-65(42-38-63)77-71(57-35-33-51-17-7-9-21-55(51)45-57)47-59-50-74-60(49-73(59)77)48-72(58-36-34-52-18-8-10-22-56(52)46-58)78(74)66-43-39-64(40-44-66)76(62-27-5-2-6-28-62)70-32-16-24-54-20-12-14-30-68(54)70/h1-50H. The molecule has 4 heteroatoms. The molecule has 0 amide bonds. The average Bonchev–Trinajstić information content (AvgIpc) is 4.30. The molecule has 0 unspecified atom stereocenters. The van der Waals surface area contributed by atoms with Crippen molar-refractivity contribution < 1.29 is 0 Å². The van der Waals surface area contributed by atoms with E-state index in [4.69, 9.17) is 0 Å². The molecular formula is C74H50N4. The number of nitrogens with zero attached hydrogens (tertiary/aromatic N) is 4. The van der Waals surface area contributed by atoms with Crippen molar-refractivity contribution >= 4 is 99.0 Å². The smallest absolute Gasteiger partial charge is 0.0542 e. The maximum Gasteiger partial charge on any atom is 0.0542 e. The zero-order valence-electron chi connectivity index (χ0n) is 42.7. The predicted molar refractivity (Wildman–Crippen MR) is 330 cm³/mol. The van der Waals surface area contributed by atoms with Gasteiger partial charge in [0.05, 0.1) is 33.8 Å². The fraction of sp³-hybridized carbons (Fsp3) is 0. The summed E-state index contributed by atoms with van der Waals surface area (Å²) in [7, 11) is 0. The SMILES string of the molecule is c1ccc(N(c2ccc(-n3c(-c4ccc5ccccc5c4)cc4cc5c(cc(-c6ccc7ccccc7c6)n5-c5ccc(N(c6ccccc6)c6cccc7ccccc67)cc5)cc43)cc2)c2cccc3ccccc23)cc1. The van der Waals surface area contributed by atoms with Crippen molar-refractivity contribution in [2.45, 2.75) is 0 Å². The third-order valence-corrected chi connectivity index (χ3v) is 15.6. The molecule has 0 saturated heterocycles. The largest absolute Gasteiger partial charge is 0.310 e. The summed E-state index contributed by atoms with van der Waals surface area (Å²) in [5.41, 5.74) is 15.7. The van der Waals surface area contributed by atoms with Crippen LogP contribution in [0.15, 0.2) is 303 Å². The van der Waals surface area contributed by atoms with E-state index in [1.54, 1.807) is 0 Å². The van der Waals surface area contributed by atoms with Gasteiger partial charge in [0, 0.05) is 55.7 Å². The summed E-state index contributed by atoms with van der Waals surface area (Å²) in [4.78, 5) is 4.75. The number of anilines is 6. The van der Waals surface area contributed by atoms with Crippen molar-refractivity contribution in [2.75, 3.05) is 9.80 Å². The van der Waals surface area contributed by atoms with Crippen molar-refractivity contribution in [1.29, 1.82) is 0 Å². The van der Waals surface area contributed by atoms with E-state index >= 15 is 0 Å². The Morgan fingerprint density at radius 2 is 0.564 bits per heavy atom. The van der Waals surface area contributed by atoms with Gasteiger partial charge in [-0.05, 0) is 165 Å². The van der Waals surface area contributed by atoms with Crippen molar-refractivity contribution in [3.8, 4) is 33.9 Å². The third-order valence-electron chi connectivity index (χ3n) is 15.6. The quantitative estimate of drug-likeness (QED) is 0.136. The molecule has 0 fully saturated rings. The van der Waals surface area contributed by atoms with Crippen LogP contribution in [-0.4, -0.2) is 9.13 Å². The monoisotopic (exact) mass is 994 g/mol. The highest BCUT2D eigenvalue weighted by molar-refractivity contribution is 6.05.